The van der Waals surface area contributed by atoms with Gasteiger partial charge in [-0.25, -0.2) is 4.99 Å². The first-order valence-corrected chi connectivity index (χ1v) is 13.9. The number of nitrogens with zero attached hydrogens (tertiary/aromatic N) is 6. The van der Waals surface area contributed by atoms with Gasteiger partial charge in [-0.1, -0.05) is 25.1 Å². The van der Waals surface area contributed by atoms with Gasteiger partial charge in [0.25, 0.3) is 0 Å². The van der Waals surface area contributed by atoms with E-state index < -0.39 is 11.7 Å². The van der Waals surface area contributed by atoms with Crippen LogP contribution in [0.15, 0.2) is 59.4 Å². The maximum Gasteiger partial charge on any atom is 0.416 e. The van der Waals surface area contributed by atoms with E-state index in [1.807, 2.05) is 18.0 Å². The molecule has 0 unspecified atom stereocenters. The Bertz CT molecular complexity index is 1110. The fourth-order valence-corrected chi connectivity index (χ4v) is 4.88. The molecule has 0 aliphatic heterocycles. The van der Waals surface area contributed by atoms with Crippen LogP contribution in [0.25, 0.3) is 0 Å². The minimum absolute atomic E-state index is 0.0102. The molecule has 1 aromatic heterocycles. The van der Waals surface area contributed by atoms with Crippen LogP contribution in [-0.4, -0.2) is 96.6 Å². The lowest BCUT2D eigenvalue weighted by Gasteiger charge is -2.35. The SMILES string of the molecule is CCN(C)CCN(C)CN(C)C=N/C(=C/CO)CN(Cc1ccc(C(F)(F)F)cc1)[C@H]1CCCc2cccnc21. The Balaban J connectivity index is 1.79. The minimum Gasteiger partial charge on any atom is -0.392 e. The van der Waals surface area contributed by atoms with Gasteiger partial charge >= 0.3 is 6.18 Å². The number of alkyl halides is 3. The van der Waals surface area contributed by atoms with Crippen LogP contribution in [0.1, 0.15) is 48.2 Å². The summed E-state index contributed by atoms with van der Waals surface area (Å²) < 4.78 is 39.4. The number of aliphatic imine (C=N–C) groups is 1. The summed E-state index contributed by atoms with van der Waals surface area (Å²) in [6.45, 7) is 6.43. The highest BCUT2D eigenvalue weighted by Gasteiger charge is 2.31. The standard InChI is InChI=1S/C30H43F3N6O/c1-5-36(2)17-18-37(3)23-38(4)22-35-27(15-19-40)21-39(20-24-11-13-26(14-12-24)30(31,32)33)28-10-6-8-25-9-7-16-34-29(25)28/h7,9,11-16,22,28,40H,5-6,8,10,17-21,23H2,1-4H3/b27-15+,35-22?/t28-/m0/s1. The third-order valence-electron chi connectivity index (χ3n) is 7.25. The number of pyridine rings is 1. The van der Waals surface area contributed by atoms with E-state index >= 15 is 0 Å². The van der Waals surface area contributed by atoms with Crippen LogP contribution in [0.3, 0.4) is 0 Å². The van der Waals surface area contributed by atoms with Crippen molar-refractivity contribution >= 4 is 6.34 Å². The molecule has 0 fully saturated rings. The number of aryl methyl sites for hydroxylation is 1. The summed E-state index contributed by atoms with van der Waals surface area (Å²) in [5.41, 5.74) is 3.01. The molecule has 0 radical (unpaired) electrons. The molecule has 7 nitrogen and oxygen atoms in total. The summed E-state index contributed by atoms with van der Waals surface area (Å²) in [4.78, 5) is 18.1. The third kappa shape index (κ3) is 9.69. The summed E-state index contributed by atoms with van der Waals surface area (Å²) in [5.74, 6) is 0. The maximum absolute atomic E-state index is 13.1. The van der Waals surface area contributed by atoms with E-state index in [9.17, 15) is 18.3 Å². The Hall–Kier alpha value is -2.79. The average Bonchev–Trinajstić information content (AvgIpc) is 2.93. The van der Waals surface area contributed by atoms with Crippen molar-refractivity contribution in [3.63, 3.8) is 0 Å². The van der Waals surface area contributed by atoms with Gasteiger partial charge in [0.15, 0.2) is 0 Å². The Morgan fingerprint density at radius 1 is 1.10 bits per heavy atom. The van der Waals surface area contributed by atoms with Gasteiger partial charge in [0.2, 0.25) is 0 Å². The van der Waals surface area contributed by atoms with E-state index in [1.165, 1.54) is 17.7 Å². The highest BCUT2D eigenvalue weighted by molar-refractivity contribution is 5.56. The summed E-state index contributed by atoms with van der Waals surface area (Å²) in [6, 6.07) is 9.36. The van der Waals surface area contributed by atoms with Crippen LogP contribution in [0.4, 0.5) is 13.2 Å². The molecule has 0 spiro atoms. The number of benzene rings is 1. The Morgan fingerprint density at radius 3 is 2.50 bits per heavy atom. The van der Waals surface area contributed by atoms with Gasteiger partial charge in [-0.05, 0) is 75.3 Å². The summed E-state index contributed by atoms with van der Waals surface area (Å²) in [6.07, 6.45) is 3.71. The van der Waals surface area contributed by atoms with Crippen LogP contribution < -0.4 is 0 Å². The van der Waals surface area contributed by atoms with Gasteiger partial charge in [0, 0.05) is 39.4 Å². The number of rotatable bonds is 14. The number of aliphatic hydroxyl groups is 1. The van der Waals surface area contributed by atoms with E-state index in [0.29, 0.717) is 25.5 Å². The molecule has 1 atom stereocenters. The molecule has 0 saturated heterocycles. The first-order chi connectivity index (χ1) is 19.1. The lowest BCUT2D eigenvalue weighted by Crippen LogP contribution is -2.37. The van der Waals surface area contributed by atoms with E-state index in [0.717, 1.165) is 62.3 Å². The van der Waals surface area contributed by atoms with Crippen molar-refractivity contribution in [1.82, 2.24) is 24.6 Å². The number of halogens is 3. The molecule has 1 aliphatic carbocycles. The first kappa shape index (κ1) is 31.7. The van der Waals surface area contributed by atoms with Gasteiger partial charge < -0.3 is 14.9 Å². The van der Waals surface area contributed by atoms with E-state index in [2.05, 4.69) is 41.8 Å². The predicted octanol–water partition coefficient (Wildman–Crippen LogP) is 4.66. The number of aromatic nitrogens is 1. The molecule has 3 rings (SSSR count). The van der Waals surface area contributed by atoms with Crippen LogP contribution in [-0.2, 0) is 19.1 Å². The lowest BCUT2D eigenvalue weighted by atomic mass is 9.90. The Kier molecular flexibility index (Phi) is 12.1. The monoisotopic (exact) mass is 560 g/mol. The smallest absolute Gasteiger partial charge is 0.392 e. The highest BCUT2D eigenvalue weighted by atomic mass is 19.4. The van der Waals surface area contributed by atoms with Gasteiger partial charge in [-0.2, -0.15) is 13.2 Å². The van der Waals surface area contributed by atoms with Crippen LogP contribution in [0.5, 0.6) is 0 Å². The minimum atomic E-state index is -4.37. The zero-order valence-electron chi connectivity index (χ0n) is 24.1. The van der Waals surface area contributed by atoms with E-state index in [4.69, 9.17) is 9.98 Å². The summed E-state index contributed by atoms with van der Waals surface area (Å²) in [5, 5.41) is 9.76. The highest BCUT2D eigenvalue weighted by Crippen LogP contribution is 2.35. The van der Waals surface area contributed by atoms with Crippen molar-refractivity contribution in [3.05, 3.63) is 76.8 Å². The van der Waals surface area contributed by atoms with E-state index in [1.54, 1.807) is 18.6 Å². The van der Waals surface area contributed by atoms with Gasteiger partial charge in [0.05, 0.1) is 42.6 Å². The van der Waals surface area contributed by atoms with Gasteiger partial charge in [-0.3, -0.25) is 14.8 Å². The van der Waals surface area contributed by atoms with Crippen LogP contribution in [0, 0.1) is 0 Å². The molecule has 0 amide bonds. The van der Waals surface area contributed by atoms with E-state index in [-0.39, 0.29) is 12.6 Å². The molecule has 0 saturated carbocycles. The second-order valence-electron chi connectivity index (χ2n) is 10.6. The molecular formula is C30H43F3N6O. The van der Waals surface area contributed by atoms with Crippen molar-refractivity contribution in [2.24, 2.45) is 4.99 Å². The Labute approximate surface area is 236 Å². The molecular weight excluding hydrogens is 517 g/mol. The number of hydrogen-bond acceptors (Lipinski definition) is 6. The number of fused-ring (bicyclic) bond motifs is 1. The average molecular weight is 561 g/mol. The fraction of sp³-hybridized carbons (Fsp3) is 0.533. The van der Waals surface area contributed by atoms with Gasteiger partial charge in [-0.15, -0.1) is 0 Å². The molecule has 220 valence electrons. The second-order valence-corrected chi connectivity index (χ2v) is 10.6. The topological polar surface area (TPSA) is 58.4 Å². The quantitative estimate of drug-likeness (QED) is 0.206. The third-order valence-corrected chi connectivity index (χ3v) is 7.25. The van der Waals surface area contributed by atoms with Crippen LogP contribution in [0.2, 0.25) is 0 Å². The van der Waals surface area contributed by atoms with Gasteiger partial charge in [0.1, 0.15) is 0 Å². The first-order valence-electron chi connectivity index (χ1n) is 13.9. The number of aliphatic hydroxyl groups excluding tert-OH is 1. The molecule has 1 aromatic carbocycles. The second kappa shape index (κ2) is 15.3. The summed E-state index contributed by atoms with van der Waals surface area (Å²) >= 11 is 0. The van der Waals surface area contributed by atoms with Crippen molar-refractivity contribution < 1.29 is 18.3 Å². The van der Waals surface area contributed by atoms with Crippen molar-refractivity contribution in [2.45, 2.75) is 44.9 Å². The summed E-state index contributed by atoms with van der Waals surface area (Å²) in [7, 11) is 6.13. The zero-order chi connectivity index (χ0) is 29.1. The molecule has 40 heavy (non-hydrogen) atoms. The van der Waals surface area contributed by atoms with Crippen molar-refractivity contribution in [2.75, 3.05) is 60.6 Å². The van der Waals surface area contributed by atoms with Crippen molar-refractivity contribution in [1.29, 1.82) is 0 Å². The molecule has 2 aromatic rings. The number of likely N-dealkylation sites (N-methyl/N-ethyl adjacent to an activating group) is 2. The predicted molar refractivity (Wildman–Crippen MR) is 154 cm³/mol. The number of hydrogen-bond donors (Lipinski definition) is 1. The largest absolute Gasteiger partial charge is 0.416 e. The van der Waals surface area contributed by atoms with Crippen LogP contribution >= 0.6 is 0 Å². The molecule has 1 heterocycles. The molecule has 0 bridgehead atoms. The normalized spacial score (nSPS) is 16.4. The van der Waals surface area contributed by atoms with Crippen molar-refractivity contribution in [3.8, 4) is 0 Å². The Morgan fingerprint density at radius 2 is 1.82 bits per heavy atom. The lowest BCUT2D eigenvalue weighted by molar-refractivity contribution is -0.137. The molecule has 1 aliphatic rings. The maximum atomic E-state index is 13.1. The molecule has 10 heteroatoms. The zero-order valence-corrected chi connectivity index (χ0v) is 24.1. The molecule has 1 N–H and O–H groups in total. The fourth-order valence-electron chi connectivity index (χ4n) is 4.88.